The summed E-state index contributed by atoms with van der Waals surface area (Å²) in [7, 11) is 1.68. The second-order valence-electron chi connectivity index (χ2n) is 5.46. The molecule has 0 saturated heterocycles. The Bertz CT molecular complexity index is 407. The lowest BCUT2D eigenvalue weighted by molar-refractivity contribution is -0.0197. The molecule has 0 amide bonds. The summed E-state index contributed by atoms with van der Waals surface area (Å²) in [5, 5.41) is 0. The molecular formula is C16H24O3. The van der Waals surface area contributed by atoms with Crippen molar-refractivity contribution in [2.75, 3.05) is 13.7 Å². The fourth-order valence-corrected chi connectivity index (χ4v) is 1.61. The summed E-state index contributed by atoms with van der Waals surface area (Å²) in [5.41, 5.74) is 1.63. The third-order valence-corrected chi connectivity index (χ3v) is 3.33. The summed E-state index contributed by atoms with van der Waals surface area (Å²) in [6.45, 7) is 8.31. The molecular weight excluding hydrogens is 240 g/mol. The van der Waals surface area contributed by atoms with E-state index in [0.29, 0.717) is 12.2 Å². The number of aryl methyl sites for hydroxylation is 1. The number of hydrogen-bond acceptors (Lipinski definition) is 3. The van der Waals surface area contributed by atoms with Gasteiger partial charge in [-0.1, -0.05) is 29.8 Å². The molecule has 19 heavy (non-hydrogen) atoms. The van der Waals surface area contributed by atoms with E-state index in [0.717, 1.165) is 12.0 Å². The highest BCUT2D eigenvalue weighted by Gasteiger charge is 2.19. The van der Waals surface area contributed by atoms with E-state index in [2.05, 4.69) is 0 Å². The first kappa shape index (κ1) is 15.9. The smallest absolute Gasteiger partial charge is 0.191 e. The van der Waals surface area contributed by atoms with Crippen molar-refractivity contribution in [3.05, 3.63) is 35.4 Å². The molecule has 0 aliphatic heterocycles. The molecule has 0 radical (unpaired) electrons. The van der Waals surface area contributed by atoms with E-state index >= 15 is 0 Å². The Morgan fingerprint density at radius 1 is 1.26 bits per heavy atom. The van der Waals surface area contributed by atoms with Crippen LogP contribution < -0.4 is 0 Å². The maximum Gasteiger partial charge on any atom is 0.191 e. The number of ketones is 1. The van der Waals surface area contributed by atoms with Crippen LogP contribution >= 0.6 is 0 Å². The van der Waals surface area contributed by atoms with Gasteiger partial charge in [-0.05, 0) is 34.1 Å². The van der Waals surface area contributed by atoms with Gasteiger partial charge in [0, 0.05) is 12.7 Å². The molecule has 0 fully saturated rings. The van der Waals surface area contributed by atoms with Gasteiger partial charge >= 0.3 is 0 Å². The second-order valence-corrected chi connectivity index (χ2v) is 5.46. The van der Waals surface area contributed by atoms with Gasteiger partial charge in [0.25, 0.3) is 0 Å². The summed E-state index contributed by atoms with van der Waals surface area (Å²) < 4.78 is 10.9. The van der Waals surface area contributed by atoms with Crippen LogP contribution in [0.2, 0.25) is 0 Å². The van der Waals surface area contributed by atoms with Crippen molar-refractivity contribution in [3.8, 4) is 0 Å². The Kier molecular flexibility index (Phi) is 5.70. The highest BCUT2D eigenvalue weighted by molar-refractivity contribution is 5.99. The van der Waals surface area contributed by atoms with Crippen LogP contribution in [-0.4, -0.2) is 31.2 Å². The van der Waals surface area contributed by atoms with Gasteiger partial charge < -0.3 is 9.47 Å². The summed E-state index contributed by atoms with van der Waals surface area (Å²) in [6.07, 6.45) is 0.338. The first-order valence-corrected chi connectivity index (χ1v) is 6.63. The molecule has 0 N–H and O–H groups in total. The first-order chi connectivity index (χ1) is 8.85. The zero-order chi connectivity index (χ0) is 14.5. The normalized spacial score (nSPS) is 13.3. The lowest BCUT2D eigenvalue weighted by Gasteiger charge is -2.23. The average molecular weight is 264 g/mol. The highest BCUT2D eigenvalue weighted by atomic mass is 16.5. The number of rotatable bonds is 7. The van der Waals surface area contributed by atoms with Crippen molar-refractivity contribution in [2.24, 2.45) is 0 Å². The van der Waals surface area contributed by atoms with Gasteiger partial charge in [-0.2, -0.15) is 0 Å². The van der Waals surface area contributed by atoms with E-state index in [1.165, 1.54) is 0 Å². The lowest BCUT2D eigenvalue weighted by Crippen LogP contribution is -2.28. The van der Waals surface area contributed by atoms with Crippen LogP contribution in [0.25, 0.3) is 0 Å². The van der Waals surface area contributed by atoms with Crippen LogP contribution in [-0.2, 0) is 9.47 Å². The molecule has 1 unspecified atom stereocenters. The predicted octanol–water partition coefficient (Wildman–Crippen LogP) is 3.40. The molecule has 1 aromatic carbocycles. The van der Waals surface area contributed by atoms with Crippen LogP contribution in [0, 0.1) is 6.92 Å². The van der Waals surface area contributed by atoms with Crippen molar-refractivity contribution >= 4 is 5.78 Å². The summed E-state index contributed by atoms with van der Waals surface area (Å²) in [5.74, 6) is 0.0234. The van der Waals surface area contributed by atoms with E-state index < -0.39 is 6.10 Å². The van der Waals surface area contributed by atoms with E-state index in [1.807, 2.05) is 45.0 Å². The van der Waals surface area contributed by atoms with Crippen molar-refractivity contribution < 1.29 is 14.3 Å². The Morgan fingerprint density at radius 3 is 2.37 bits per heavy atom. The number of hydrogen-bond donors (Lipinski definition) is 0. The number of benzene rings is 1. The lowest BCUT2D eigenvalue weighted by atomic mass is 10.0. The maximum absolute atomic E-state index is 12.1. The third kappa shape index (κ3) is 5.13. The predicted molar refractivity (Wildman–Crippen MR) is 76.6 cm³/mol. The third-order valence-electron chi connectivity index (χ3n) is 3.33. The Balaban J connectivity index is 2.47. The molecule has 0 heterocycles. The minimum absolute atomic E-state index is 0.0234. The summed E-state index contributed by atoms with van der Waals surface area (Å²) in [4.78, 5) is 12.1. The molecule has 1 atom stereocenters. The molecule has 106 valence electrons. The number of carbonyl (C=O) groups is 1. The van der Waals surface area contributed by atoms with Gasteiger partial charge in [0.2, 0.25) is 0 Å². The quantitative estimate of drug-likeness (QED) is 0.708. The van der Waals surface area contributed by atoms with E-state index in [-0.39, 0.29) is 11.4 Å². The summed E-state index contributed by atoms with van der Waals surface area (Å²) >= 11 is 0. The SMILES string of the molecule is COC(C)(C)CCOC(C)C(=O)c1ccc(C)cc1. The molecule has 0 aliphatic carbocycles. The Morgan fingerprint density at radius 2 is 1.84 bits per heavy atom. The second kappa shape index (κ2) is 6.83. The fraction of sp³-hybridized carbons (Fsp3) is 0.562. The van der Waals surface area contributed by atoms with Crippen LogP contribution in [0.5, 0.6) is 0 Å². The van der Waals surface area contributed by atoms with Gasteiger partial charge in [0.15, 0.2) is 5.78 Å². The summed E-state index contributed by atoms with van der Waals surface area (Å²) in [6, 6.07) is 7.56. The average Bonchev–Trinajstić information content (AvgIpc) is 2.38. The van der Waals surface area contributed by atoms with Crippen molar-refractivity contribution in [2.45, 2.75) is 45.8 Å². The standard InChI is InChI=1S/C16H24O3/c1-12-6-8-14(9-7-12)15(17)13(2)19-11-10-16(3,4)18-5/h6-9,13H,10-11H2,1-5H3. The highest BCUT2D eigenvalue weighted by Crippen LogP contribution is 2.14. The maximum atomic E-state index is 12.1. The minimum Gasteiger partial charge on any atom is -0.379 e. The molecule has 0 aromatic heterocycles. The largest absolute Gasteiger partial charge is 0.379 e. The van der Waals surface area contributed by atoms with Crippen LogP contribution in [0.1, 0.15) is 43.1 Å². The molecule has 3 heteroatoms. The monoisotopic (exact) mass is 264 g/mol. The first-order valence-electron chi connectivity index (χ1n) is 6.63. The van der Waals surface area contributed by atoms with E-state index in [9.17, 15) is 4.79 Å². The Labute approximate surface area is 115 Å². The zero-order valence-electron chi connectivity index (χ0n) is 12.5. The molecule has 0 bridgehead atoms. The minimum atomic E-state index is -0.421. The molecule has 0 aliphatic rings. The zero-order valence-corrected chi connectivity index (χ0v) is 12.5. The number of ether oxygens (including phenoxy) is 2. The number of methoxy groups -OCH3 is 1. The Hall–Kier alpha value is -1.19. The topological polar surface area (TPSA) is 35.5 Å². The number of Topliss-reactive ketones (excluding diaryl/α,β-unsaturated/α-hetero) is 1. The fourth-order valence-electron chi connectivity index (χ4n) is 1.61. The van der Waals surface area contributed by atoms with Crippen LogP contribution in [0.4, 0.5) is 0 Å². The van der Waals surface area contributed by atoms with Crippen molar-refractivity contribution in [1.82, 2.24) is 0 Å². The van der Waals surface area contributed by atoms with Crippen molar-refractivity contribution in [1.29, 1.82) is 0 Å². The van der Waals surface area contributed by atoms with Gasteiger partial charge in [0.1, 0.15) is 6.10 Å². The van der Waals surface area contributed by atoms with Crippen molar-refractivity contribution in [3.63, 3.8) is 0 Å². The van der Waals surface area contributed by atoms with Gasteiger partial charge in [-0.15, -0.1) is 0 Å². The van der Waals surface area contributed by atoms with E-state index in [4.69, 9.17) is 9.47 Å². The molecule has 0 spiro atoms. The van der Waals surface area contributed by atoms with Gasteiger partial charge in [0.05, 0.1) is 12.2 Å². The van der Waals surface area contributed by atoms with Crippen LogP contribution in [0.3, 0.4) is 0 Å². The van der Waals surface area contributed by atoms with E-state index in [1.54, 1.807) is 14.0 Å². The molecule has 3 nitrogen and oxygen atoms in total. The van der Waals surface area contributed by atoms with Gasteiger partial charge in [-0.25, -0.2) is 0 Å². The number of carbonyl (C=O) groups excluding carboxylic acids is 1. The van der Waals surface area contributed by atoms with Gasteiger partial charge in [-0.3, -0.25) is 4.79 Å². The molecule has 1 aromatic rings. The molecule has 1 rings (SSSR count). The molecule has 0 saturated carbocycles. The van der Waals surface area contributed by atoms with Crippen LogP contribution in [0.15, 0.2) is 24.3 Å².